The number of nitrogens with two attached hydrogens (primary N) is 1. The highest BCUT2D eigenvalue weighted by Crippen LogP contribution is 2.31. The highest BCUT2D eigenvalue weighted by molar-refractivity contribution is 5.28. The molecular formula is C16H25NO. The van der Waals surface area contributed by atoms with Crippen molar-refractivity contribution in [2.45, 2.75) is 52.2 Å². The molecule has 2 rings (SSSR count). The van der Waals surface area contributed by atoms with Gasteiger partial charge in [-0.15, -0.1) is 0 Å². The van der Waals surface area contributed by atoms with Crippen molar-refractivity contribution < 1.29 is 4.74 Å². The number of ether oxygens (including phenoxy) is 1. The lowest BCUT2D eigenvalue weighted by atomic mass is 9.78. The second-order valence-corrected chi connectivity index (χ2v) is 5.80. The third kappa shape index (κ3) is 3.05. The summed E-state index contributed by atoms with van der Waals surface area (Å²) in [4.78, 5) is 0. The van der Waals surface area contributed by atoms with Crippen LogP contribution in [0.4, 0.5) is 0 Å². The van der Waals surface area contributed by atoms with Crippen LogP contribution in [0.25, 0.3) is 0 Å². The third-order valence-electron chi connectivity index (χ3n) is 4.01. The van der Waals surface area contributed by atoms with Crippen LogP contribution in [0.15, 0.2) is 24.3 Å². The topological polar surface area (TPSA) is 35.2 Å². The Labute approximate surface area is 111 Å². The fraction of sp³-hybridized carbons (Fsp3) is 0.625. The molecule has 1 aromatic rings. The number of rotatable bonds is 3. The minimum atomic E-state index is 0.160. The molecule has 100 valence electrons. The zero-order valence-corrected chi connectivity index (χ0v) is 11.7. The molecule has 1 fully saturated rings. The monoisotopic (exact) mass is 247 g/mol. The molecule has 1 aromatic carbocycles. The summed E-state index contributed by atoms with van der Waals surface area (Å²) in [6.45, 7) is 6.70. The van der Waals surface area contributed by atoms with E-state index in [0.29, 0.717) is 5.92 Å². The van der Waals surface area contributed by atoms with E-state index in [1.165, 1.54) is 12.0 Å². The van der Waals surface area contributed by atoms with Gasteiger partial charge in [0.1, 0.15) is 11.9 Å². The third-order valence-corrected chi connectivity index (χ3v) is 4.01. The molecular weight excluding hydrogens is 222 g/mol. The maximum Gasteiger partial charge on any atom is 0.120 e. The molecule has 0 spiro atoms. The summed E-state index contributed by atoms with van der Waals surface area (Å²) in [6.07, 6.45) is 3.49. The molecule has 2 nitrogen and oxygen atoms in total. The fourth-order valence-corrected chi connectivity index (χ4v) is 3.09. The Kier molecular flexibility index (Phi) is 4.28. The van der Waals surface area contributed by atoms with E-state index in [4.69, 9.17) is 10.5 Å². The van der Waals surface area contributed by atoms with Crippen LogP contribution >= 0.6 is 0 Å². The van der Waals surface area contributed by atoms with Crippen LogP contribution in [0.1, 0.15) is 39.2 Å². The first-order valence-corrected chi connectivity index (χ1v) is 7.11. The Morgan fingerprint density at radius 3 is 2.72 bits per heavy atom. The van der Waals surface area contributed by atoms with Crippen molar-refractivity contribution in [3.63, 3.8) is 0 Å². The Hall–Kier alpha value is -1.02. The van der Waals surface area contributed by atoms with Crippen LogP contribution in [0.3, 0.4) is 0 Å². The Morgan fingerprint density at radius 1 is 1.28 bits per heavy atom. The van der Waals surface area contributed by atoms with Crippen molar-refractivity contribution in [1.29, 1.82) is 0 Å². The first kappa shape index (κ1) is 13.4. The first-order valence-electron chi connectivity index (χ1n) is 7.11. The second kappa shape index (κ2) is 5.75. The fourth-order valence-electron chi connectivity index (χ4n) is 3.09. The van der Waals surface area contributed by atoms with Crippen LogP contribution in [0, 0.1) is 11.8 Å². The molecule has 1 aliphatic rings. The van der Waals surface area contributed by atoms with E-state index >= 15 is 0 Å². The lowest BCUT2D eigenvalue weighted by molar-refractivity contribution is 0.0625. The lowest BCUT2D eigenvalue weighted by Crippen LogP contribution is -2.48. The largest absolute Gasteiger partial charge is 0.489 e. The molecule has 4 atom stereocenters. The Bertz CT molecular complexity index is 378. The van der Waals surface area contributed by atoms with Crippen molar-refractivity contribution in [2.75, 3.05) is 0 Å². The van der Waals surface area contributed by atoms with Crippen molar-refractivity contribution >= 4 is 0 Å². The number of hydrogen-bond acceptors (Lipinski definition) is 2. The van der Waals surface area contributed by atoms with Gasteiger partial charge in [0, 0.05) is 6.04 Å². The zero-order valence-electron chi connectivity index (χ0n) is 11.7. The smallest absolute Gasteiger partial charge is 0.120 e. The zero-order chi connectivity index (χ0) is 13.1. The van der Waals surface area contributed by atoms with Crippen molar-refractivity contribution in [3.8, 4) is 5.75 Å². The van der Waals surface area contributed by atoms with Gasteiger partial charge in [-0.1, -0.05) is 32.9 Å². The van der Waals surface area contributed by atoms with Crippen molar-refractivity contribution in [2.24, 2.45) is 17.6 Å². The standard InChI is InChI=1S/C16H25NO/c1-4-13-6-5-7-14(10-13)18-16-12(3)8-11(2)9-15(16)17/h5-7,10-12,15-16H,4,8-9,17H2,1-3H3. The second-order valence-electron chi connectivity index (χ2n) is 5.80. The summed E-state index contributed by atoms with van der Waals surface area (Å²) >= 11 is 0. The summed E-state index contributed by atoms with van der Waals surface area (Å²) in [5.74, 6) is 2.22. The molecule has 18 heavy (non-hydrogen) atoms. The summed E-state index contributed by atoms with van der Waals surface area (Å²) in [6, 6.07) is 8.54. The molecule has 2 N–H and O–H groups in total. The van der Waals surface area contributed by atoms with Crippen LogP contribution in [0.5, 0.6) is 5.75 Å². The summed E-state index contributed by atoms with van der Waals surface area (Å²) < 4.78 is 6.15. The molecule has 0 aromatic heterocycles. The molecule has 1 saturated carbocycles. The van der Waals surface area contributed by atoms with Gasteiger partial charge in [-0.25, -0.2) is 0 Å². The first-order chi connectivity index (χ1) is 8.60. The van der Waals surface area contributed by atoms with Gasteiger partial charge in [-0.3, -0.25) is 0 Å². The molecule has 0 bridgehead atoms. The molecule has 4 unspecified atom stereocenters. The van der Waals surface area contributed by atoms with Gasteiger partial charge in [0.05, 0.1) is 0 Å². The average Bonchev–Trinajstić information content (AvgIpc) is 2.34. The summed E-state index contributed by atoms with van der Waals surface area (Å²) in [5.41, 5.74) is 7.57. The van der Waals surface area contributed by atoms with Gasteiger partial charge in [0.2, 0.25) is 0 Å². The predicted molar refractivity (Wildman–Crippen MR) is 75.8 cm³/mol. The van der Waals surface area contributed by atoms with Gasteiger partial charge in [-0.2, -0.15) is 0 Å². The van der Waals surface area contributed by atoms with Gasteiger partial charge in [0.25, 0.3) is 0 Å². The van der Waals surface area contributed by atoms with Crippen LogP contribution < -0.4 is 10.5 Å². The molecule has 1 aliphatic carbocycles. The SMILES string of the molecule is CCc1cccc(OC2C(C)CC(C)CC2N)c1. The van der Waals surface area contributed by atoms with Crippen molar-refractivity contribution in [1.82, 2.24) is 0 Å². The summed E-state index contributed by atoms with van der Waals surface area (Å²) in [7, 11) is 0. The van der Waals surface area contributed by atoms with E-state index < -0.39 is 0 Å². The van der Waals surface area contributed by atoms with E-state index in [0.717, 1.165) is 24.5 Å². The molecule has 0 saturated heterocycles. The van der Waals surface area contributed by atoms with Crippen LogP contribution in [-0.4, -0.2) is 12.1 Å². The van der Waals surface area contributed by atoms with Crippen molar-refractivity contribution in [3.05, 3.63) is 29.8 Å². The van der Waals surface area contributed by atoms with E-state index in [2.05, 4.69) is 39.0 Å². The highest BCUT2D eigenvalue weighted by atomic mass is 16.5. The quantitative estimate of drug-likeness (QED) is 0.888. The normalized spacial score (nSPS) is 32.2. The van der Waals surface area contributed by atoms with Gasteiger partial charge >= 0.3 is 0 Å². The molecule has 0 aliphatic heterocycles. The Morgan fingerprint density at radius 2 is 2.06 bits per heavy atom. The van der Waals surface area contributed by atoms with E-state index in [-0.39, 0.29) is 12.1 Å². The minimum absolute atomic E-state index is 0.160. The molecule has 0 radical (unpaired) electrons. The highest BCUT2D eigenvalue weighted by Gasteiger charge is 2.33. The molecule has 0 amide bonds. The van der Waals surface area contributed by atoms with E-state index in [9.17, 15) is 0 Å². The number of hydrogen-bond donors (Lipinski definition) is 1. The molecule has 0 heterocycles. The van der Waals surface area contributed by atoms with Gasteiger partial charge in [-0.05, 0) is 48.8 Å². The molecule has 2 heteroatoms. The van der Waals surface area contributed by atoms with Gasteiger partial charge in [0.15, 0.2) is 0 Å². The predicted octanol–water partition coefficient (Wildman–Crippen LogP) is 3.39. The average molecular weight is 247 g/mol. The Balaban J connectivity index is 2.07. The number of aryl methyl sites for hydroxylation is 1. The lowest BCUT2D eigenvalue weighted by Gasteiger charge is -2.37. The maximum atomic E-state index is 6.25. The minimum Gasteiger partial charge on any atom is -0.489 e. The maximum absolute atomic E-state index is 6.25. The number of benzene rings is 1. The van der Waals surface area contributed by atoms with Crippen LogP contribution in [-0.2, 0) is 6.42 Å². The van der Waals surface area contributed by atoms with Gasteiger partial charge < -0.3 is 10.5 Å². The summed E-state index contributed by atoms with van der Waals surface area (Å²) in [5, 5.41) is 0. The van der Waals surface area contributed by atoms with E-state index in [1.807, 2.05) is 6.07 Å². The van der Waals surface area contributed by atoms with E-state index in [1.54, 1.807) is 0 Å². The van der Waals surface area contributed by atoms with Crippen LogP contribution in [0.2, 0.25) is 0 Å².